The summed E-state index contributed by atoms with van der Waals surface area (Å²) < 4.78 is 2.62. The molecule has 57 heavy (non-hydrogen) atoms. The van der Waals surface area contributed by atoms with Crippen LogP contribution >= 0.6 is 11.3 Å². The maximum absolute atomic E-state index is 2.49. The van der Waals surface area contributed by atoms with Crippen LogP contribution in [0.25, 0.3) is 75.5 Å². The quantitative estimate of drug-likeness (QED) is 0.164. The van der Waals surface area contributed by atoms with E-state index < -0.39 is 0 Å². The summed E-state index contributed by atoms with van der Waals surface area (Å²) in [5, 5.41) is 5.08. The van der Waals surface area contributed by atoms with Crippen LogP contribution in [0.15, 0.2) is 200 Å². The van der Waals surface area contributed by atoms with Crippen LogP contribution in [0.1, 0.15) is 25.0 Å². The molecule has 0 aliphatic heterocycles. The predicted octanol–water partition coefficient (Wildman–Crippen LogP) is 16.0. The number of thiophene rings is 1. The highest BCUT2D eigenvalue weighted by Crippen LogP contribution is 2.53. The summed E-state index contributed by atoms with van der Waals surface area (Å²) in [7, 11) is 0. The van der Waals surface area contributed by atoms with Crippen LogP contribution in [-0.2, 0) is 5.41 Å². The highest BCUT2D eigenvalue weighted by atomic mass is 32.1. The smallest absolute Gasteiger partial charge is 0.0546 e. The largest absolute Gasteiger partial charge is 0.310 e. The van der Waals surface area contributed by atoms with Crippen LogP contribution < -0.4 is 4.90 Å². The average molecular weight is 746 g/mol. The number of benzene rings is 9. The minimum Gasteiger partial charge on any atom is -0.310 e. The summed E-state index contributed by atoms with van der Waals surface area (Å²) in [4.78, 5) is 2.49. The molecule has 1 nitrogen and oxygen atoms in total. The van der Waals surface area contributed by atoms with E-state index in [0.29, 0.717) is 0 Å². The third-order valence-electron chi connectivity index (χ3n) is 12.1. The van der Waals surface area contributed by atoms with Gasteiger partial charge in [-0.15, -0.1) is 11.3 Å². The summed E-state index contributed by atoms with van der Waals surface area (Å²) in [6.45, 7) is 4.74. The summed E-state index contributed by atoms with van der Waals surface area (Å²) in [6.07, 6.45) is 0. The van der Waals surface area contributed by atoms with E-state index in [1.54, 1.807) is 0 Å². The molecule has 0 radical (unpaired) electrons. The topological polar surface area (TPSA) is 3.24 Å². The SMILES string of the molecule is CC1(C)c2ccccc2-c2ccc(N(c3ccc(-c4ccccc4)cc3)c3cccc(-c4cccc5ccccc45)c3-c3ccc4sc5ccccc5c4c3)cc21. The summed E-state index contributed by atoms with van der Waals surface area (Å²) in [5.41, 5.74) is 15.9. The van der Waals surface area contributed by atoms with Crippen LogP contribution in [0, 0.1) is 0 Å². The van der Waals surface area contributed by atoms with Gasteiger partial charge in [0.2, 0.25) is 0 Å². The van der Waals surface area contributed by atoms with E-state index in [-0.39, 0.29) is 5.41 Å². The molecular weight excluding hydrogens is 707 g/mol. The lowest BCUT2D eigenvalue weighted by atomic mass is 9.82. The fourth-order valence-corrected chi connectivity index (χ4v) is 10.4. The number of hydrogen-bond acceptors (Lipinski definition) is 2. The molecule has 0 saturated heterocycles. The van der Waals surface area contributed by atoms with Crippen LogP contribution in [0.4, 0.5) is 17.1 Å². The van der Waals surface area contributed by atoms with Crippen LogP contribution in [0.5, 0.6) is 0 Å². The van der Waals surface area contributed by atoms with Crippen molar-refractivity contribution in [2.24, 2.45) is 0 Å². The fourth-order valence-electron chi connectivity index (χ4n) is 9.29. The Hall–Kier alpha value is -6.74. The monoisotopic (exact) mass is 745 g/mol. The molecular formula is C55H39NS. The first-order valence-electron chi connectivity index (χ1n) is 19.8. The van der Waals surface area contributed by atoms with Gasteiger partial charge >= 0.3 is 0 Å². The molecule has 1 aliphatic carbocycles. The Bertz CT molecular complexity index is 3150. The van der Waals surface area contributed by atoms with E-state index in [4.69, 9.17) is 0 Å². The highest BCUT2D eigenvalue weighted by Gasteiger charge is 2.36. The molecule has 1 aliphatic rings. The zero-order valence-corrected chi connectivity index (χ0v) is 32.7. The predicted molar refractivity (Wildman–Crippen MR) is 245 cm³/mol. The Kier molecular flexibility index (Phi) is 7.77. The molecule has 11 rings (SSSR count). The normalized spacial score (nSPS) is 12.9. The van der Waals surface area contributed by atoms with Crippen molar-refractivity contribution in [3.05, 3.63) is 211 Å². The molecule has 0 atom stereocenters. The molecule has 0 fully saturated rings. The zero-order valence-electron chi connectivity index (χ0n) is 31.9. The number of rotatable bonds is 6. The maximum Gasteiger partial charge on any atom is 0.0546 e. The Morgan fingerprint density at radius 1 is 0.386 bits per heavy atom. The third kappa shape index (κ3) is 5.44. The van der Waals surface area contributed by atoms with Gasteiger partial charge in [0.25, 0.3) is 0 Å². The molecule has 0 spiro atoms. The lowest BCUT2D eigenvalue weighted by Crippen LogP contribution is -2.17. The first kappa shape index (κ1) is 33.6. The lowest BCUT2D eigenvalue weighted by Gasteiger charge is -2.31. The van der Waals surface area contributed by atoms with Gasteiger partial charge in [-0.05, 0) is 109 Å². The number of hydrogen-bond donors (Lipinski definition) is 0. The zero-order chi connectivity index (χ0) is 38.1. The molecule has 0 unspecified atom stereocenters. The molecule has 2 heteroatoms. The van der Waals surface area contributed by atoms with E-state index in [0.717, 1.165) is 17.1 Å². The first-order chi connectivity index (χ1) is 28.0. The summed E-state index contributed by atoms with van der Waals surface area (Å²) >= 11 is 1.87. The van der Waals surface area contributed by atoms with Crippen molar-refractivity contribution in [1.29, 1.82) is 0 Å². The number of fused-ring (bicyclic) bond motifs is 7. The van der Waals surface area contributed by atoms with Crippen molar-refractivity contribution in [2.75, 3.05) is 4.90 Å². The van der Waals surface area contributed by atoms with Crippen molar-refractivity contribution < 1.29 is 0 Å². The van der Waals surface area contributed by atoms with Crippen LogP contribution in [0.3, 0.4) is 0 Å². The minimum atomic E-state index is -0.135. The Morgan fingerprint density at radius 3 is 1.88 bits per heavy atom. The van der Waals surface area contributed by atoms with Gasteiger partial charge in [-0.3, -0.25) is 0 Å². The van der Waals surface area contributed by atoms with Gasteiger partial charge < -0.3 is 4.90 Å². The van der Waals surface area contributed by atoms with E-state index in [2.05, 4.69) is 219 Å². The van der Waals surface area contributed by atoms with E-state index in [1.807, 2.05) is 11.3 Å². The summed E-state index contributed by atoms with van der Waals surface area (Å²) in [6, 6.07) is 74.1. The maximum atomic E-state index is 2.49. The number of nitrogens with zero attached hydrogens (tertiary/aromatic N) is 1. The van der Waals surface area contributed by atoms with E-state index >= 15 is 0 Å². The lowest BCUT2D eigenvalue weighted by molar-refractivity contribution is 0.660. The average Bonchev–Trinajstić information content (AvgIpc) is 3.75. The van der Waals surface area contributed by atoms with Gasteiger partial charge in [-0.2, -0.15) is 0 Å². The molecule has 1 aromatic heterocycles. The molecule has 270 valence electrons. The van der Waals surface area contributed by atoms with Gasteiger partial charge in [-0.25, -0.2) is 0 Å². The molecule has 0 N–H and O–H groups in total. The van der Waals surface area contributed by atoms with Crippen molar-refractivity contribution >= 4 is 59.3 Å². The van der Waals surface area contributed by atoms with Crippen molar-refractivity contribution in [1.82, 2.24) is 0 Å². The third-order valence-corrected chi connectivity index (χ3v) is 13.2. The second kappa shape index (κ2) is 13.2. The highest BCUT2D eigenvalue weighted by molar-refractivity contribution is 7.25. The van der Waals surface area contributed by atoms with Gasteiger partial charge in [0.05, 0.1) is 5.69 Å². The van der Waals surface area contributed by atoms with Crippen LogP contribution in [0.2, 0.25) is 0 Å². The number of anilines is 3. The molecule has 0 saturated carbocycles. The van der Waals surface area contributed by atoms with Gasteiger partial charge in [-0.1, -0.05) is 166 Å². The van der Waals surface area contributed by atoms with Gasteiger partial charge in [0, 0.05) is 42.5 Å². The van der Waals surface area contributed by atoms with Crippen LogP contribution in [-0.4, -0.2) is 0 Å². The van der Waals surface area contributed by atoms with Gasteiger partial charge in [0.15, 0.2) is 0 Å². The van der Waals surface area contributed by atoms with Crippen molar-refractivity contribution in [3.8, 4) is 44.5 Å². The molecule has 10 aromatic rings. The van der Waals surface area contributed by atoms with Gasteiger partial charge in [0.1, 0.15) is 0 Å². The minimum absolute atomic E-state index is 0.135. The Balaban J connectivity index is 1.20. The molecule has 0 amide bonds. The van der Waals surface area contributed by atoms with Crippen molar-refractivity contribution in [3.63, 3.8) is 0 Å². The fraction of sp³-hybridized carbons (Fsp3) is 0.0545. The second-order valence-corrected chi connectivity index (χ2v) is 16.8. The van der Waals surface area contributed by atoms with E-state index in [9.17, 15) is 0 Å². The first-order valence-corrected chi connectivity index (χ1v) is 20.6. The molecule has 1 heterocycles. The standard InChI is InChI=1S/C55H39NS/c1-55(2)49-23-10-8-19-44(49)45-32-31-41(35-50(45)55)56(40-29-26-37(27-30-40)36-14-4-3-5-15-36)51-24-13-22-47(43-21-12-17-38-16-6-7-18-42(38)43)54(51)39-28-33-53-48(34-39)46-20-9-11-25-52(46)57-53/h3-35H,1-2H3. The second-order valence-electron chi connectivity index (χ2n) is 15.7. The van der Waals surface area contributed by atoms with E-state index in [1.165, 1.54) is 86.6 Å². The Morgan fingerprint density at radius 2 is 1.00 bits per heavy atom. The molecule has 9 aromatic carbocycles. The Labute approximate surface area is 337 Å². The molecule has 0 bridgehead atoms. The van der Waals surface area contributed by atoms with Crippen molar-refractivity contribution in [2.45, 2.75) is 19.3 Å². The summed E-state index contributed by atoms with van der Waals surface area (Å²) in [5.74, 6) is 0.